The molecule has 1 aliphatic rings. The maximum Gasteiger partial charge on any atom is 0.220 e. The minimum atomic E-state index is 0. The van der Waals surface area contributed by atoms with Gasteiger partial charge in [-0.3, -0.25) is 9.78 Å². The Morgan fingerprint density at radius 2 is 2.00 bits per heavy atom. The number of aromatic nitrogens is 3. The summed E-state index contributed by atoms with van der Waals surface area (Å²) in [6.07, 6.45) is 3.64. The van der Waals surface area contributed by atoms with E-state index >= 15 is 0 Å². The van der Waals surface area contributed by atoms with Gasteiger partial charge in [0.15, 0.2) is 5.82 Å². The summed E-state index contributed by atoms with van der Waals surface area (Å²) in [5.74, 6) is 1.51. The lowest BCUT2D eigenvalue weighted by Crippen LogP contribution is -2.37. The summed E-state index contributed by atoms with van der Waals surface area (Å²) < 4.78 is 0. The van der Waals surface area contributed by atoms with Gasteiger partial charge in [-0.25, -0.2) is 9.97 Å². The first-order chi connectivity index (χ1) is 16.6. The number of carbonyl (C=O) groups excluding carboxylic acids is 1. The molecule has 5 rings (SSSR count). The Bertz CT molecular complexity index is 1340. The van der Waals surface area contributed by atoms with Gasteiger partial charge in [0.05, 0.1) is 11.1 Å². The van der Waals surface area contributed by atoms with E-state index in [0.29, 0.717) is 30.8 Å². The molecule has 0 spiro atoms. The van der Waals surface area contributed by atoms with E-state index in [1.807, 2.05) is 49.4 Å². The van der Waals surface area contributed by atoms with Crippen LogP contribution in [0.5, 0.6) is 5.75 Å². The number of phenols is 1. The van der Waals surface area contributed by atoms with Crippen LogP contribution in [0.15, 0.2) is 66.9 Å². The zero-order valence-electron chi connectivity index (χ0n) is 19.1. The van der Waals surface area contributed by atoms with Crippen LogP contribution in [0, 0.1) is 6.92 Å². The molecule has 1 atom stereocenters. The third-order valence-electron chi connectivity index (χ3n) is 6.16. The minimum absolute atomic E-state index is 0. The molecular weight excluding hydrogens is 426 g/mol. The lowest BCUT2D eigenvalue weighted by atomic mass is 10.1. The van der Waals surface area contributed by atoms with Gasteiger partial charge in [0.1, 0.15) is 11.6 Å². The molecule has 0 aliphatic carbocycles. The summed E-state index contributed by atoms with van der Waals surface area (Å²) in [6.45, 7) is 3.49. The van der Waals surface area contributed by atoms with Crippen LogP contribution in [-0.2, 0) is 11.2 Å². The van der Waals surface area contributed by atoms with E-state index in [0.717, 1.165) is 40.9 Å². The highest BCUT2D eigenvalue weighted by Gasteiger charge is 2.27. The summed E-state index contributed by atoms with van der Waals surface area (Å²) in [7, 11) is 0. The molecule has 3 heterocycles. The Balaban J connectivity index is 0.00000180. The molecule has 2 N–H and O–H groups in total. The van der Waals surface area contributed by atoms with Crippen LogP contribution in [-0.4, -0.2) is 45.1 Å². The fourth-order valence-electron chi connectivity index (χ4n) is 4.41. The highest BCUT2D eigenvalue weighted by molar-refractivity contribution is 5.92. The van der Waals surface area contributed by atoms with Gasteiger partial charge in [0.2, 0.25) is 5.91 Å². The van der Waals surface area contributed by atoms with Gasteiger partial charge >= 0.3 is 0 Å². The van der Waals surface area contributed by atoms with E-state index in [4.69, 9.17) is 9.97 Å². The van der Waals surface area contributed by atoms with Crippen LogP contribution in [0.25, 0.3) is 22.3 Å². The first kappa shape index (κ1) is 21.8. The number of aryl methyl sites for hydroxylation is 2. The van der Waals surface area contributed by atoms with E-state index in [2.05, 4.69) is 21.3 Å². The molecule has 7 heteroatoms. The molecular formula is C27H31N5O2. The predicted molar refractivity (Wildman–Crippen MR) is 137 cm³/mol. The number of aromatic hydroxyl groups is 1. The summed E-state index contributed by atoms with van der Waals surface area (Å²) in [4.78, 5) is 28.6. The Morgan fingerprint density at radius 3 is 2.82 bits per heavy atom. The number of nitrogens with zero attached hydrogens (tertiary/aromatic N) is 4. The van der Waals surface area contributed by atoms with E-state index in [-0.39, 0.29) is 20.6 Å². The number of hydrogen-bond donors (Lipinski definition) is 2. The lowest BCUT2D eigenvalue weighted by Gasteiger charge is -2.21. The Kier molecular flexibility index (Phi) is 6.08. The fourth-order valence-corrected chi connectivity index (χ4v) is 4.41. The average Bonchev–Trinajstić information content (AvgIpc) is 3.31. The topological polar surface area (TPSA) is 91.2 Å². The van der Waals surface area contributed by atoms with Crippen LogP contribution in [0.1, 0.15) is 27.0 Å². The molecule has 1 fully saturated rings. The quantitative estimate of drug-likeness (QED) is 0.442. The number of anilines is 1. The predicted octanol–water partition coefficient (Wildman–Crippen LogP) is 4.53. The second-order valence-corrected chi connectivity index (χ2v) is 8.73. The van der Waals surface area contributed by atoms with Gasteiger partial charge in [0, 0.05) is 45.7 Å². The van der Waals surface area contributed by atoms with Crippen molar-refractivity contribution >= 4 is 22.6 Å². The first-order valence-electron chi connectivity index (χ1n) is 11.6. The van der Waals surface area contributed by atoms with Crippen molar-refractivity contribution in [3.8, 4) is 17.1 Å². The number of fused-ring (bicyclic) bond motifs is 1. The summed E-state index contributed by atoms with van der Waals surface area (Å²) >= 11 is 0. The summed E-state index contributed by atoms with van der Waals surface area (Å²) in [5.41, 5.74) is 3.47. The molecule has 7 nitrogen and oxygen atoms in total. The van der Waals surface area contributed by atoms with E-state index in [9.17, 15) is 9.90 Å². The molecule has 2 aromatic carbocycles. The summed E-state index contributed by atoms with van der Waals surface area (Å²) in [5, 5.41) is 14.5. The van der Waals surface area contributed by atoms with Crippen molar-refractivity contribution in [2.75, 3.05) is 18.0 Å². The van der Waals surface area contributed by atoms with Gasteiger partial charge in [-0.15, -0.1) is 0 Å². The van der Waals surface area contributed by atoms with Crippen LogP contribution < -0.4 is 10.2 Å². The minimum Gasteiger partial charge on any atom is -0.507 e. The van der Waals surface area contributed by atoms with Gasteiger partial charge in [-0.1, -0.05) is 24.3 Å². The molecule has 1 saturated heterocycles. The number of hydrogen-bond acceptors (Lipinski definition) is 6. The monoisotopic (exact) mass is 457 g/mol. The molecule has 4 aromatic rings. The van der Waals surface area contributed by atoms with Crippen molar-refractivity contribution < 1.29 is 12.8 Å². The van der Waals surface area contributed by atoms with E-state index < -0.39 is 0 Å². The zero-order chi connectivity index (χ0) is 23.5. The van der Waals surface area contributed by atoms with E-state index in [1.54, 1.807) is 18.3 Å². The maximum atomic E-state index is 12.5. The smallest absolute Gasteiger partial charge is 0.220 e. The van der Waals surface area contributed by atoms with Crippen LogP contribution in [0.4, 0.5) is 5.82 Å². The molecule has 1 amide bonds. The molecule has 0 saturated carbocycles. The van der Waals surface area contributed by atoms with Crippen LogP contribution in [0.2, 0.25) is 0 Å². The highest BCUT2D eigenvalue weighted by Crippen LogP contribution is 2.33. The van der Waals surface area contributed by atoms with Crippen LogP contribution >= 0.6 is 0 Å². The number of benzene rings is 2. The van der Waals surface area contributed by atoms with E-state index in [1.165, 1.54) is 0 Å². The van der Waals surface area contributed by atoms with Crippen molar-refractivity contribution in [3.63, 3.8) is 0 Å². The number of nitrogens with one attached hydrogen (secondary N) is 1. The third kappa shape index (κ3) is 4.69. The zero-order valence-corrected chi connectivity index (χ0v) is 19.1. The second kappa shape index (κ2) is 9.47. The van der Waals surface area contributed by atoms with Gasteiger partial charge in [-0.05, 0) is 61.7 Å². The van der Waals surface area contributed by atoms with Crippen LogP contribution in [0.3, 0.4) is 0 Å². The SMILES string of the molecule is Cc1ccc2c(N3CC[C@@H](NC(=O)CCc4ccccn4)C3)nc(-c3ccccc3O)nc2c1.[HH].[HH]. The number of amides is 1. The molecule has 34 heavy (non-hydrogen) atoms. The molecule has 2 aromatic heterocycles. The van der Waals surface area contributed by atoms with Gasteiger partial charge < -0.3 is 15.3 Å². The Hall–Kier alpha value is -4.00. The standard InChI is InChI=1S/C27H27N5O2.2H2/c1-18-9-11-21-23(16-18)30-26(22-7-2-3-8-24(22)33)31-27(21)32-15-13-20(17-32)29-25(34)12-10-19-6-4-5-14-28-19;;/h2-9,11,14,16,20,33H,10,12-13,15,17H2,1H3,(H,29,34);2*1H/t20-;;/m1../s1. The largest absolute Gasteiger partial charge is 0.507 e. The Labute approximate surface area is 201 Å². The Morgan fingerprint density at radius 1 is 1.15 bits per heavy atom. The fraction of sp³-hybridized carbons (Fsp3) is 0.259. The molecule has 1 aliphatic heterocycles. The number of para-hydroxylation sites is 1. The molecule has 176 valence electrons. The average molecular weight is 458 g/mol. The highest BCUT2D eigenvalue weighted by atomic mass is 16.3. The van der Waals surface area contributed by atoms with Gasteiger partial charge in [0.25, 0.3) is 0 Å². The van der Waals surface area contributed by atoms with Crippen molar-refractivity contribution in [1.29, 1.82) is 0 Å². The normalized spacial score (nSPS) is 15.6. The van der Waals surface area contributed by atoms with Crippen molar-refractivity contribution in [2.45, 2.75) is 32.2 Å². The maximum absolute atomic E-state index is 12.5. The number of pyridine rings is 1. The number of phenolic OH excluding ortho intramolecular Hbond substituents is 1. The number of rotatable bonds is 6. The van der Waals surface area contributed by atoms with Crippen molar-refractivity contribution in [1.82, 2.24) is 20.3 Å². The second-order valence-electron chi connectivity index (χ2n) is 8.73. The first-order valence-corrected chi connectivity index (χ1v) is 11.6. The summed E-state index contributed by atoms with van der Waals surface area (Å²) in [6, 6.07) is 19.1. The number of carbonyl (C=O) groups is 1. The van der Waals surface area contributed by atoms with Gasteiger partial charge in [-0.2, -0.15) is 0 Å². The molecule has 0 bridgehead atoms. The van der Waals surface area contributed by atoms with Crippen molar-refractivity contribution in [2.24, 2.45) is 0 Å². The molecule has 0 unspecified atom stereocenters. The molecule has 0 radical (unpaired) electrons. The lowest BCUT2D eigenvalue weighted by molar-refractivity contribution is -0.121. The van der Waals surface area contributed by atoms with Crippen molar-refractivity contribution in [3.05, 3.63) is 78.1 Å². The third-order valence-corrected chi connectivity index (χ3v) is 6.16.